The lowest BCUT2D eigenvalue weighted by molar-refractivity contribution is -0.384. The van der Waals surface area contributed by atoms with Gasteiger partial charge in [0.2, 0.25) is 0 Å². The number of morpholine rings is 1. The highest BCUT2D eigenvalue weighted by atomic mass is 16.6. The normalized spacial score (nSPS) is 13.6. The van der Waals surface area contributed by atoms with Gasteiger partial charge < -0.3 is 19.7 Å². The van der Waals surface area contributed by atoms with Crippen molar-refractivity contribution in [3.05, 3.63) is 69.0 Å². The Hall–Kier alpha value is -3.92. The van der Waals surface area contributed by atoms with Gasteiger partial charge in [0.25, 0.3) is 11.2 Å². The van der Waals surface area contributed by atoms with Gasteiger partial charge in [-0.1, -0.05) is 12.1 Å². The number of nitro groups is 1. The van der Waals surface area contributed by atoms with E-state index in [0.29, 0.717) is 55.5 Å². The van der Waals surface area contributed by atoms with Crippen LogP contribution >= 0.6 is 0 Å². The minimum absolute atomic E-state index is 0.109. The van der Waals surface area contributed by atoms with Crippen LogP contribution in [0.3, 0.4) is 0 Å². The molecule has 0 aliphatic carbocycles. The van der Waals surface area contributed by atoms with Crippen LogP contribution in [0.2, 0.25) is 0 Å². The average Bonchev–Trinajstić information content (AvgIpc) is 2.85. The lowest BCUT2D eigenvalue weighted by Crippen LogP contribution is -2.36. The van der Waals surface area contributed by atoms with E-state index in [0.717, 1.165) is 10.4 Å². The van der Waals surface area contributed by atoms with Gasteiger partial charge in [-0.15, -0.1) is 0 Å². The minimum Gasteiger partial charge on any atom is -0.497 e. The van der Waals surface area contributed by atoms with Crippen LogP contribution in [0.25, 0.3) is 16.9 Å². The highest BCUT2D eigenvalue weighted by Crippen LogP contribution is 2.29. The van der Waals surface area contributed by atoms with E-state index in [-0.39, 0.29) is 11.4 Å². The molecule has 0 atom stereocenters. The summed E-state index contributed by atoms with van der Waals surface area (Å²) in [7, 11) is 1.57. The number of aromatic nitrogens is 2. The molecule has 10 nitrogen and oxygen atoms in total. The van der Waals surface area contributed by atoms with E-state index in [1.165, 1.54) is 6.07 Å². The second-order valence-corrected chi connectivity index (χ2v) is 7.45. The largest absolute Gasteiger partial charge is 0.497 e. The molecule has 10 heteroatoms. The number of hydrogen-bond acceptors (Lipinski definition) is 8. The molecule has 0 radical (unpaired) electrons. The number of rotatable bonds is 7. The van der Waals surface area contributed by atoms with Gasteiger partial charge in [0.1, 0.15) is 17.1 Å². The van der Waals surface area contributed by atoms with Crippen molar-refractivity contribution in [1.82, 2.24) is 9.78 Å². The van der Waals surface area contributed by atoms with Crippen LogP contribution in [-0.2, 0) is 4.74 Å². The topological polar surface area (TPSA) is 112 Å². The van der Waals surface area contributed by atoms with E-state index in [9.17, 15) is 14.9 Å². The van der Waals surface area contributed by atoms with Crippen molar-refractivity contribution in [2.75, 3.05) is 50.2 Å². The molecule has 1 aliphatic heterocycles. The van der Waals surface area contributed by atoms with Crippen molar-refractivity contribution < 1.29 is 14.4 Å². The quantitative estimate of drug-likeness (QED) is 0.431. The molecule has 0 amide bonds. The molecule has 0 unspecified atom stereocenters. The molecule has 0 bridgehead atoms. The van der Waals surface area contributed by atoms with E-state index in [2.05, 4.69) is 15.3 Å². The predicted molar refractivity (Wildman–Crippen MR) is 126 cm³/mol. The van der Waals surface area contributed by atoms with E-state index >= 15 is 0 Å². The SMILES string of the molecule is CCNc1cc(-c2cccc(OC)c2)nn(-c2cc(N3CCOCC3)ccc2[N+](=O)[O-])c1=O. The fraction of sp³-hybridized carbons (Fsp3) is 0.304. The van der Waals surface area contributed by atoms with Gasteiger partial charge in [-0.25, -0.2) is 0 Å². The molecule has 1 aromatic heterocycles. The zero-order valence-electron chi connectivity index (χ0n) is 18.5. The number of anilines is 2. The van der Waals surface area contributed by atoms with E-state index in [1.54, 1.807) is 37.4 Å². The molecule has 0 spiro atoms. The number of nitrogens with one attached hydrogen (secondary N) is 1. The Kier molecular flexibility index (Phi) is 6.55. The lowest BCUT2D eigenvalue weighted by Gasteiger charge is -2.29. The van der Waals surface area contributed by atoms with Crippen LogP contribution in [-0.4, -0.2) is 54.7 Å². The van der Waals surface area contributed by atoms with E-state index in [1.807, 2.05) is 19.1 Å². The van der Waals surface area contributed by atoms with E-state index in [4.69, 9.17) is 9.47 Å². The maximum atomic E-state index is 13.3. The summed E-state index contributed by atoms with van der Waals surface area (Å²) in [6, 6.07) is 13.7. The maximum Gasteiger partial charge on any atom is 0.295 e. The van der Waals surface area contributed by atoms with Crippen LogP contribution in [0.4, 0.5) is 17.1 Å². The summed E-state index contributed by atoms with van der Waals surface area (Å²) < 4.78 is 11.8. The minimum atomic E-state index is -0.502. The molecule has 0 saturated carbocycles. The van der Waals surface area contributed by atoms with Crippen molar-refractivity contribution in [2.24, 2.45) is 0 Å². The number of nitro benzene ring substituents is 1. The Morgan fingerprint density at radius 2 is 1.97 bits per heavy atom. The standard InChI is InChI=1S/C23H25N5O5/c1-3-24-20-15-19(16-5-4-6-18(13-16)32-2)25-27(23(20)29)22-14-17(7-8-21(22)28(30)31)26-9-11-33-12-10-26/h4-8,13-15,24H,3,9-12H2,1-2H3. The fourth-order valence-electron chi connectivity index (χ4n) is 3.75. The molecular formula is C23H25N5O5. The zero-order chi connectivity index (χ0) is 23.4. The monoisotopic (exact) mass is 451 g/mol. The summed E-state index contributed by atoms with van der Waals surface area (Å²) in [5.74, 6) is 0.636. The van der Waals surface area contributed by atoms with Crippen LogP contribution < -0.4 is 20.5 Å². The molecule has 33 heavy (non-hydrogen) atoms. The summed E-state index contributed by atoms with van der Waals surface area (Å²) in [6.07, 6.45) is 0. The molecule has 4 rings (SSSR count). The third-order valence-corrected chi connectivity index (χ3v) is 5.40. The van der Waals surface area contributed by atoms with Crippen LogP contribution in [0.1, 0.15) is 6.92 Å². The molecule has 172 valence electrons. The van der Waals surface area contributed by atoms with E-state index < -0.39 is 10.5 Å². The van der Waals surface area contributed by atoms with Gasteiger partial charge >= 0.3 is 0 Å². The number of benzene rings is 2. The molecule has 2 heterocycles. The first kappa shape index (κ1) is 22.3. The Morgan fingerprint density at radius 3 is 2.67 bits per heavy atom. The van der Waals surface area contributed by atoms with Crippen molar-refractivity contribution in [3.63, 3.8) is 0 Å². The highest BCUT2D eigenvalue weighted by Gasteiger charge is 2.23. The predicted octanol–water partition coefficient (Wildman–Crippen LogP) is 3.08. The van der Waals surface area contributed by atoms with Crippen molar-refractivity contribution in [2.45, 2.75) is 6.92 Å². The van der Waals surface area contributed by atoms with Crippen LogP contribution in [0.5, 0.6) is 5.75 Å². The van der Waals surface area contributed by atoms with Gasteiger partial charge in [-0.2, -0.15) is 9.78 Å². The third kappa shape index (κ3) is 4.65. The van der Waals surface area contributed by atoms with Crippen LogP contribution in [0.15, 0.2) is 53.3 Å². The first-order chi connectivity index (χ1) is 16.0. The molecule has 1 fully saturated rings. The summed E-state index contributed by atoms with van der Waals surface area (Å²) in [6.45, 7) is 4.84. The molecule has 1 N–H and O–H groups in total. The molecule has 1 aliphatic rings. The maximum absolute atomic E-state index is 13.3. The highest BCUT2D eigenvalue weighted by molar-refractivity contribution is 5.67. The fourth-order valence-corrected chi connectivity index (χ4v) is 3.75. The third-order valence-electron chi connectivity index (χ3n) is 5.40. The number of methoxy groups -OCH3 is 1. The second kappa shape index (κ2) is 9.70. The molecule has 1 saturated heterocycles. The Labute approximate surface area is 190 Å². The molecule has 2 aromatic carbocycles. The van der Waals surface area contributed by atoms with Gasteiger partial charge in [0.15, 0.2) is 0 Å². The van der Waals surface area contributed by atoms with Crippen molar-refractivity contribution >= 4 is 17.1 Å². The summed E-state index contributed by atoms with van der Waals surface area (Å²) in [5.41, 5.74) is 1.71. The Bertz CT molecular complexity index is 1220. The lowest BCUT2D eigenvalue weighted by atomic mass is 10.1. The van der Waals surface area contributed by atoms with Crippen molar-refractivity contribution in [3.8, 4) is 22.7 Å². The van der Waals surface area contributed by atoms with Gasteiger partial charge in [-0.3, -0.25) is 14.9 Å². The first-order valence-electron chi connectivity index (χ1n) is 10.7. The van der Waals surface area contributed by atoms with Gasteiger partial charge in [0.05, 0.1) is 30.9 Å². The van der Waals surface area contributed by atoms with Gasteiger partial charge in [0, 0.05) is 37.0 Å². The Morgan fingerprint density at radius 1 is 1.18 bits per heavy atom. The number of ether oxygens (including phenoxy) is 2. The zero-order valence-corrected chi connectivity index (χ0v) is 18.5. The van der Waals surface area contributed by atoms with Crippen LogP contribution in [0, 0.1) is 10.1 Å². The smallest absolute Gasteiger partial charge is 0.295 e. The number of hydrogen-bond donors (Lipinski definition) is 1. The molecule has 3 aromatic rings. The summed E-state index contributed by atoms with van der Waals surface area (Å²) in [5, 5.41) is 19.4. The number of nitrogens with zero attached hydrogens (tertiary/aromatic N) is 4. The summed E-state index contributed by atoms with van der Waals surface area (Å²) >= 11 is 0. The average molecular weight is 451 g/mol. The molecular weight excluding hydrogens is 426 g/mol. The first-order valence-corrected chi connectivity index (χ1v) is 10.7. The van der Waals surface area contributed by atoms with Gasteiger partial charge in [-0.05, 0) is 37.3 Å². The Balaban J connectivity index is 1.92. The van der Waals surface area contributed by atoms with Crippen molar-refractivity contribution in [1.29, 1.82) is 0 Å². The summed E-state index contributed by atoms with van der Waals surface area (Å²) in [4.78, 5) is 26.7. The second-order valence-electron chi connectivity index (χ2n) is 7.45.